The fourth-order valence-electron chi connectivity index (χ4n) is 2.67. The van der Waals surface area contributed by atoms with Gasteiger partial charge in [-0.05, 0) is 37.8 Å². The molecule has 2 heterocycles. The molecule has 3 nitrogen and oxygen atoms in total. The number of fused-ring (bicyclic) bond motifs is 1. The lowest BCUT2D eigenvalue weighted by Gasteiger charge is -2.12. The molecular weight excluding hydrogens is 290 g/mol. The summed E-state index contributed by atoms with van der Waals surface area (Å²) in [6.45, 7) is 5.28. The molecule has 0 aliphatic carbocycles. The highest BCUT2D eigenvalue weighted by Gasteiger charge is 2.07. The minimum absolute atomic E-state index is 0.489. The standard InChI is InChI=1S/C18H23N3S/c1-3-15-12-22-18(21-15)11-19-13(2)8-9-14-10-20-17-7-5-4-6-16(14)17/h4-7,10,12-13,19-20H,3,8-9,11H2,1-2H3/t13-/m0/s1. The summed E-state index contributed by atoms with van der Waals surface area (Å²) in [4.78, 5) is 7.95. The van der Waals surface area contributed by atoms with Crippen molar-refractivity contribution in [3.63, 3.8) is 0 Å². The number of H-pyrrole nitrogens is 1. The molecule has 3 rings (SSSR count). The topological polar surface area (TPSA) is 40.7 Å². The molecule has 22 heavy (non-hydrogen) atoms. The zero-order valence-electron chi connectivity index (χ0n) is 13.2. The van der Waals surface area contributed by atoms with Gasteiger partial charge >= 0.3 is 0 Å². The first kappa shape index (κ1) is 15.3. The summed E-state index contributed by atoms with van der Waals surface area (Å²) in [5, 5.41) is 8.28. The van der Waals surface area contributed by atoms with E-state index in [1.54, 1.807) is 11.3 Å². The molecule has 4 heteroatoms. The van der Waals surface area contributed by atoms with E-state index >= 15 is 0 Å². The fourth-order valence-corrected chi connectivity index (χ4v) is 3.49. The number of aromatic amines is 1. The molecule has 0 aliphatic heterocycles. The Kier molecular flexibility index (Phi) is 4.90. The van der Waals surface area contributed by atoms with Crippen LogP contribution in [-0.2, 0) is 19.4 Å². The summed E-state index contributed by atoms with van der Waals surface area (Å²) in [7, 11) is 0. The lowest BCUT2D eigenvalue weighted by atomic mass is 10.1. The van der Waals surface area contributed by atoms with Crippen molar-refractivity contribution in [2.45, 2.75) is 45.7 Å². The van der Waals surface area contributed by atoms with Crippen LogP contribution in [0.3, 0.4) is 0 Å². The van der Waals surface area contributed by atoms with Crippen molar-refractivity contribution in [1.29, 1.82) is 0 Å². The Labute approximate surface area is 135 Å². The lowest BCUT2D eigenvalue weighted by molar-refractivity contribution is 0.513. The number of nitrogens with one attached hydrogen (secondary N) is 2. The highest BCUT2D eigenvalue weighted by molar-refractivity contribution is 7.09. The maximum absolute atomic E-state index is 4.60. The van der Waals surface area contributed by atoms with Gasteiger partial charge in [-0.25, -0.2) is 4.98 Å². The molecule has 3 aromatic rings. The van der Waals surface area contributed by atoms with E-state index in [9.17, 15) is 0 Å². The molecule has 0 fully saturated rings. The van der Waals surface area contributed by atoms with Crippen LogP contribution in [0.4, 0.5) is 0 Å². The van der Waals surface area contributed by atoms with E-state index in [-0.39, 0.29) is 0 Å². The van der Waals surface area contributed by atoms with Crippen LogP contribution < -0.4 is 5.32 Å². The molecule has 116 valence electrons. The van der Waals surface area contributed by atoms with Crippen LogP contribution in [0.15, 0.2) is 35.8 Å². The van der Waals surface area contributed by atoms with Gasteiger partial charge in [0.05, 0.1) is 5.69 Å². The molecule has 0 radical (unpaired) electrons. The molecule has 2 N–H and O–H groups in total. The molecule has 0 aliphatic rings. The number of aromatic nitrogens is 2. The summed E-state index contributed by atoms with van der Waals surface area (Å²) in [5.74, 6) is 0. The van der Waals surface area contributed by atoms with Crippen LogP contribution >= 0.6 is 11.3 Å². The highest BCUT2D eigenvalue weighted by atomic mass is 32.1. The molecule has 0 saturated carbocycles. The second kappa shape index (κ2) is 7.07. The second-order valence-corrected chi connectivity index (χ2v) is 6.71. The van der Waals surface area contributed by atoms with E-state index in [0.717, 1.165) is 25.8 Å². The Morgan fingerprint density at radius 2 is 2.18 bits per heavy atom. The predicted molar refractivity (Wildman–Crippen MR) is 94.4 cm³/mol. The Morgan fingerprint density at radius 1 is 1.32 bits per heavy atom. The van der Waals surface area contributed by atoms with Gasteiger partial charge in [-0.3, -0.25) is 0 Å². The summed E-state index contributed by atoms with van der Waals surface area (Å²) in [5.41, 5.74) is 3.84. The molecule has 2 aromatic heterocycles. The van der Waals surface area contributed by atoms with Gasteiger partial charge in [0, 0.05) is 35.1 Å². The van der Waals surface area contributed by atoms with Gasteiger partial charge in [0.2, 0.25) is 0 Å². The highest BCUT2D eigenvalue weighted by Crippen LogP contribution is 2.19. The first-order chi connectivity index (χ1) is 10.8. The fraction of sp³-hybridized carbons (Fsp3) is 0.389. The number of nitrogens with zero attached hydrogens (tertiary/aromatic N) is 1. The third-order valence-electron chi connectivity index (χ3n) is 4.08. The third-order valence-corrected chi connectivity index (χ3v) is 4.98. The Balaban J connectivity index is 1.50. The minimum Gasteiger partial charge on any atom is -0.361 e. The van der Waals surface area contributed by atoms with Crippen LogP contribution in [0.2, 0.25) is 0 Å². The van der Waals surface area contributed by atoms with Gasteiger partial charge in [-0.2, -0.15) is 0 Å². The molecule has 1 atom stereocenters. The van der Waals surface area contributed by atoms with Crippen molar-refractivity contribution in [2.75, 3.05) is 0 Å². The van der Waals surface area contributed by atoms with E-state index in [4.69, 9.17) is 0 Å². The predicted octanol–water partition coefficient (Wildman–Crippen LogP) is 4.30. The van der Waals surface area contributed by atoms with Gasteiger partial charge in [0.1, 0.15) is 5.01 Å². The van der Waals surface area contributed by atoms with Gasteiger partial charge in [-0.1, -0.05) is 25.1 Å². The van der Waals surface area contributed by atoms with E-state index in [1.807, 2.05) is 0 Å². The minimum atomic E-state index is 0.489. The average molecular weight is 313 g/mol. The quantitative estimate of drug-likeness (QED) is 0.683. The van der Waals surface area contributed by atoms with Crippen molar-refractivity contribution < 1.29 is 0 Å². The van der Waals surface area contributed by atoms with Crippen LogP contribution in [0.5, 0.6) is 0 Å². The normalized spacial score (nSPS) is 12.8. The van der Waals surface area contributed by atoms with Crippen molar-refractivity contribution in [3.8, 4) is 0 Å². The molecule has 0 unspecified atom stereocenters. The van der Waals surface area contributed by atoms with Gasteiger partial charge in [0.25, 0.3) is 0 Å². The number of para-hydroxylation sites is 1. The van der Waals surface area contributed by atoms with Crippen LogP contribution in [0.25, 0.3) is 10.9 Å². The summed E-state index contributed by atoms with van der Waals surface area (Å²) < 4.78 is 0. The number of aryl methyl sites for hydroxylation is 2. The monoisotopic (exact) mass is 313 g/mol. The number of rotatable bonds is 7. The van der Waals surface area contributed by atoms with E-state index in [2.05, 4.69) is 65.0 Å². The summed E-state index contributed by atoms with van der Waals surface area (Å²) in [6, 6.07) is 9.00. The Hall–Kier alpha value is -1.65. The van der Waals surface area contributed by atoms with Gasteiger partial charge in [0.15, 0.2) is 0 Å². The van der Waals surface area contributed by atoms with E-state index in [0.29, 0.717) is 6.04 Å². The second-order valence-electron chi connectivity index (χ2n) is 5.77. The van der Waals surface area contributed by atoms with Crippen LogP contribution in [-0.4, -0.2) is 16.0 Å². The van der Waals surface area contributed by atoms with Gasteiger partial charge < -0.3 is 10.3 Å². The molecule has 0 amide bonds. The van der Waals surface area contributed by atoms with Crippen LogP contribution in [0, 0.1) is 0 Å². The summed E-state index contributed by atoms with van der Waals surface area (Å²) >= 11 is 1.76. The molecule has 1 aromatic carbocycles. The maximum Gasteiger partial charge on any atom is 0.107 e. The molecule has 0 saturated heterocycles. The van der Waals surface area contributed by atoms with Crippen LogP contribution in [0.1, 0.15) is 36.5 Å². The molecule has 0 spiro atoms. The van der Waals surface area contributed by atoms with E-state index in [1.165, 1.54) is 27.2 Å². The largest absolute Gasteiger partial charge is 0.361 e. The smallest absolute Gasteiger partial charge is 0.107 e. The van der Waals surface area contributed by atoms with Crippen molar-refractivity contribution >= 4 is 22.2 Å². The van der Waals surface area contributed by atoms with Crippen molar-refractivity contribution in [2.24, 2.45) is 0 Å². The zero-order valence-corrected chi connectivity index (χ0v) is 14.0. The molecule has 0 bridgehead atoms. The summed E-state index contributed by atoms with van der Waals surface area (Å²) in [6.07, 6.45) is 5.39. The van der Waals surface area contributed by atoms with Gasteiger partial charge in [-0.15, -0.1) is 11.3 Å². The lowest BCUT2D eigenvalue weighted by Crippen LogP contribution is -2.25. The first-order valence-electron chi connectivity index (χ1n) is 7.98. The SMILES string of the molecule is CCc1csc(CN[C@@H](C)CCc2c[nH]c3ccccc23)n1. The number of benzene rings is 1. The number of hydrogen-bond donors (Lipinski definition) is 2. The third kappa shape index (κ3) is 3.57. The maximum atomic E-state index is 4.60. The number of thiazole rings is 1. The average Bonchev–Trinajstić information content (AvgIpc) is 3.17. The van der Waals surface area contributed by atoms with Crippen molar-refractivity contribution in [3.05, 3.63) is 52.1 Å². The number of hydrogen-bond acceptors (Lipinski definition) is 3. The zero-order chi connectivity index (χ0) is 15.4. The van der Waals surface area contributed by atoms with Crippen molar-refractivity contribution in [1.82, 2.24) is 15.3 Å². The Bertz CT molecular complexity index is 729. The first-order valence-corrected chi connectivity index (χ1v) is 8.86. The molecular formula is C18H23N3S. The van der Waals surface area contributed by atoms with E-state index < -0.39 is 0 Å². The Morgan fingerprint density at radius 3 is 3.00 bits per heavy atom.